The first-order valence-electron chi connectivity index (χ1n) is 9.46. The van der Waals surface area contributed by atoms with E-state index in [2.05, 4.69) is 47.1 Å². The van der Waals surface area contributed by atoms with E-state index in [0.29, 0.717) is 13.1 Å². The highest BCUT2D eigenvalue weighted by Crippen LogP contribution is 2.28. The molecule has 0 radical (unpaired) electrons. The van der Waals surface area contributed by atoms with E-state index >= 15 is 0 Å². The average Bonchev–Trinajstić information content (AvgIpc) is 2.70. The van der Waals surface area contributed by atoms with Crippen LogP contribution in [0.4, 0.5) is 5.69 Å². The third-order valence-electron chi connectivity index (χ3n) is 5.12. The molecule has 0 spiro atoms. The number of carbonyl (C=O) groups excluding carboxylic acids is 1. The third kappa shape index (κ3) is 5.01. The van der Waals surface area contributed by atoms with Gasteiger partial charge in [0.2, 0.25) is 5.91 Å². The largest absolute Gasteiger partial charge is 0.495 e. The molecule has 144 valence electrons. The molecule has 0 unspecified atom stereocenters. The second-order valence-corrected chi connectivity index (χ2v) is 7.17. The molecule has 0 aromatic heterocycles. The number of benzene rings is 2. The van der Waals surface area contributed by atoms with Gasteiger partial charge < -0.3 is 14.5 Å². The molecule has 1 aliphatic heterocycles. The van der Waals surface area contributed by atoms with Crippen molar-refractivity contribution in [3.05, 3.63) is 59.7 Å². The molecule has 0 atom stereocenters. The number of ether oxygens (including phenoxy) is 1. The minimum atomic E-state index is 0.168. The summed E-state index contributed by atoms with van der Waals surface area (Å²) >= 11 is 0. The van der Waals surface area contributed by atoms with Gasteiger partial charge in [0, 0.05) is 39.8 Å². The van der Waals surface area contributed by atoms with Gasteiger partial charge in [-0.05, 0) is 24.6 Å². The van der Waals surface area contributed by atoms with E-state index in [1.165, 1.54) is 5.56 Å². The highest BCUT2D eigenvalue weighted by molar-refractivity contribution is 5.78. The Bertz CT molecular complexity index is 752. The van der Waals surface area contributed by atoms with Crippen molar-refractivity contribution >= 4 is 11.6 Å². The van der Waals surface area contributed by atoms with Crippen molar-refractivity contribution < 1.29 is 9.53 Å². The number of anilines is 1. The van der Waals surface area contributed by atoms with Crippen molar-refractivity contribution in [2.45, 2.75) is 13.5 Å². The molecule has 1 heterocycles. The van der Waals surface area contributed by atoms with E-state index in [-0.39, 0.29) is 5.91 Å². The zero-order chi connectivity index (χ0) is 19.2. The van der Waals surface area contributed by atoms with Crippen molar-refractivity contribution in [1.29, 1.82) is 0 Å². The number of carbonyl (C=O) groups is 1. The van der Waals surface area contributed by atoms with Crippen LogP contribution in [0, 0.1) is 6.92 Å². The molecular formula is C22H29N3O2. The van der Waals surface area contributed by atoms with Gasteiger partial charge in [0.05, 0.1) is 19.3 Å². The number of rotatable bonds is 6. The van der Waals surface area contributed by atoms with E-state index < -0.39 is 0 Å². The fourth-order valence-corrected chi connectivity index (χ4v) is 3.41. The average molecular weight is 367 g/mol. The summed E-state index contributed by atoms with van der Waals surface area (Å²) in [5.74, 6) is 1.07. The Hall–Kier alpha value is -2.53. The molecule has 1 fully saturated rings. The van der Waals surface area contributed by atoms with Gasteiger partial charge in [0.1, 0.15) is 5.75 Å². The van der Waals surface area contributed by atoms with Gasteiger partial charge >= 0.3 is 0 Å². The molecule has 0 aliphatic carbocycles. The summed E-state index contributed by atoms with van der Waals surface area (Å²) in [5.41, 5.74) is 3.53. The quantitative estimate of drug-likeness (QED) is 0.787. The minimum absolute atomic E-state index is 0.168. The van der Waals surface area contributed by atoms with Crippen molar-refractivity contribution in [2.75, 3.05) is 51.8 Å². The predicted octanol–water partition coefficient (Wildman–Crippen LogP) is 2.78. The highest BCUT2D eigenvalue weighted by Gasteiger charge is 2.22. The maximum atomic E-state index is 12.6. The molecular weight excluding hydrogens is 338 g/mol. The van der Waals surface area contributed by atoms with Gasteiger partial charge in [-0.3, -0.25) is 9.69 Å². The van der Waals surface area contributed by atoms with Crippen molar-refractivity contribution in [3.63, 3.8) is 0 Å². The smallest absolute Gasteiger partial charge is 0.236 e. The number of para-hydroxylation sites is 2. The molecule has 5 nitrogen and oxygen atoms in total. The molecule has 1 aliphatic rings. The molecule has 2 aromatic carbocycles. The molecule has 0 bridgehead atoms. The third-order valence-corrected chi connectivity index (χ3v) is 5.12. The summed E-state index contributed by atoms with van der Waals surface area (Å²) in [4.78, 5) is 19.0. The lowest BCUT2D eigenvalue weighted by Crippen LogP contribution is -2.49. The Balaban J connectivity index is 1.49. The standard InChI is InChI=1S/C22H29N3O2/c1-18-8-10-19(11-9-18)16-23(2)22(26)17-24-12-14-25(15-13-24)20-6-4-5-7-21(20)27-3/h4-11H,12-17H2,1-3H3. The predicted molar refractivity (Wildman–Crippen MR) is 109 cm³/mol. The van der Waals surface area contributed by atoms with E-state index in [1.54, 1.807) is 7.11 Å². The van der Waals surface area contributed by atoms with Gasteiger partial charge in [-0.15, -0.1) is 0 Å². The zero-order valence-corrected chi connectivity index (χ0v) is 16.5. The van der Waals surface area contributed by atoms with Crippen LogP contribution in [0.2, 0.25) is 0 Å². The lowest BCUT2D eigenvalue weighted by Gasteiger charge is -2.36. The maximum absolute atomic E-state index is 12.6. The summed E-state index contributed by atoms with van der Waals surface area (Å²) in [6, 6.07) is 16.5. The summed E-state index contributed by atoms with van der Waals surface area (Å²) in [5, 5.41) is 0. The molecule has 1 saturated heterocycles. The zero-order valence-electron chi connectivity index (χ0n) is 16.5. The highest BCUT2D eigenvalue weighted by atomic mass is 16.5. The SMILES string of the molecule is COc1ccccc1N1CCN(CC(=O)N(C)Cc2ccc(C)cc2)CC1. The van der Waals surface area contributed by atoms with Gasteiger partial charge in [-0.1, -0.05) is 42.0 Å². The van der Waals surface area contributed by atoms with Crippen molar-refractivity contribution in [2.24, 2.45) is 0 Å². The molecule has 1 amide bonds. The van der Waals surface area contributed by atoms with Crippen LogP contribution in [0.25, 0.3) is 0 Å². The molecule has 27 heavy (non-hydrogen) atoms. The normalized spacial score (nSPS) is 14.9. The lowest BCUT2D eigenvalue weighted by molar-refractivity contribution is -0.131. The monoisotopic (exact) mass is 367 g/mol. The first-order valence-corrected chi connectivity index (χ1v) is 9.46. The molecule has 0 saturated carbocycles. The fourth-order valence-electron chi connectivity index (χ4n) is 3.41. The van der Waals surface area contributed by atoms with Crippen LogP contribution in [0.3, 0.4) is 0 Å². The second kappa shape index (κ2) is 8.91. The number of likely N-dealkylation sites (N-methyl/N-ethyl adjacent to an activating group) is 1. The van der Waals surface area contributed by atoms with Crippen LogP contribution in [0.5, 0.6) is 5.75 Å². The van der Waals surface area contributed by atoms with Crippen LogP contribution < -0.4 is 9.64 Å². The van der Waals surface area contributed by atoms with E-state index in [1.807, 2.05) is 30.1 Å². The maximum Gasteiger partial charge on any atom is 0.236 e. The minimum Gasteiger partial charge on any atom is -0.495 e. The Labute approximate surface area is 162 Å². The number of methoxy groups -OCH3 is 1. The lowest BCUT2D eigenvalue weighted by atomic mass is 10.1. The summed E-state index contributed by atoms with van der Waals surface area (Å²) in [6.07, 6.45) is 0. The topological polar surface area (TPSA) is 36.0 Å². The van der Waals surface area contributed by atoms with Gasteiger partial charge in [-0.2, -0.15) is 0 Å². The second-order valence-electron chi connectivity index (χ2n) is 7.17. The number of piperazine rings is 1. The first-order chi connectivity index (χ1) is 13.1. The fraction of sp³-hybridized carbons (Fsp3) is 0.409. The Morgan fingerprint density at radius 2 is 1.70 bits per heavy atom. The number of hydrogen-bond donors (Lipinski definition) is 0. The number of hydrogen-bond acceptors (Lipinski definition) is 4. The Kier molecular flexibility index (Phi) is 6.35. The Morgan fingerprint density at radius 3 is 2.37 bits per heavy atom. The van der Waals surface area contributed by atoms with E-state index in [0.717, 1.165) is 43.2 Å². The van der Waals surface area contributed by atoms with Crippen LogP contribution in [-0.2, 0) is 11.3 Å². The number of aryl methyl sites for hydroxylation is 1. The van der Waals surface area contributed by atoms with Crippen LogP contribution in [0.15, 0.2) is 48.5 Å². The van der Waals surface area contributed by atoms with Crippen LogP contribution in [-0.4, -0.2) is 62.6 Å². The van der Waals surface area contributed by atoms with Crippen molar-refractivity contribution in [3.8, 4) is 5.75 Å². The summed E-state index contributed by atoms with van der Waals surface area (Å²) < 4.78 is 5.47. The molecule has 0 N–H and O–H groups in total. The number of amides is 1. The number of nitrogens with zero attached hydrogens (tertiary/aromatic N) is 3. The van der Waals surface area contributed by atoms with Crippen molar-refractivity contribution in [1.82, 2.24) is 9.80 Å². The molecule has 2 aromatic rings. The first kappa shape index (κ1) is 19.2. The summed E-state index contributed by atoms with van der Waals surface area (Å²) in [7, 11) is 3.59. The molecule has 3 rings (SSSR count). The Morgan fingerprint density at radius 1 is 1.04 bits per heavy atom. The van der Waals surface area contributed by atoms with Crippen LogP contribution >= 0.6 is 0 Å². The van der Waals surface area contributed by atoms with E-state index in [9.17, 15) is 4.79 Å². The van der Waals surface area contributed by atoms with Crippen LogP contribution in [0.1, 0.15) is 11.1 Å². The van der Waals surface area contributed by atoms with Gasteiger partial charge in [-0.25, -0.2) is 0 Å². The van der Waals surface area contributed by atoms with Gasteiger partial charge in [0.15, 0.2) is 0 Å². The van der Waals surface area contributed by atoms with E-state index in [4.69, 9.17) is 4.74 Å². The summed E-state index contributed by atoms with van der Waals surface area (Å²) in [6.45, 7) is 6.75. The molecule has 5 heteroatoms. The van der Waals surface area contributed by atoms with Gasteiger partial charge in [0.25, 0.3) is 0 Å².